The van der Waals surface area contributed by atoms with Crippen molar-refractivity contribution < 1.29 is 4.74 Å². The number of rotatable bonds is 7. The summed E-state index contributed by atoms with van der Waals surface area (Å²) >= 11 is 5.76. The van der Waals surface area contributed by atoms with Crippen LogP contribution in [0.5, 0.6) is 5.75 Å². The van der Waals surface area contributed by atoms with Crippen LogP contribution in [0.2, 0.25) is 0 Å². The third-order valence-corrected chi connectivity index (χ3v) is 4.67. The zero-order chi connectivity index (χ0) is 19.8. The Labute approximate surface area is 172 Å². The van der Waals surface area contributed by atoms with Crippen LogP contribution in [0, 0.1) is 6.92 Å². The second-order valence-electron chi connectivity index (χ2n) is 6.56. The van der Waals surface area contributed by atoms with Gasteiger partial charge >= 0.3 is 0 Å². The van der Waals surface area contributed by atoms with E-state index in [0.717, 1.165) is 17.0 Å². The average molecular weight is 392 g/mol. The van der Waals surface area contributed by atoms with Gasteiger partial charge < -0.3 is 15.0 Å². The molecule has 28 heavy (non-hydrogen) atoms. The number of ether oxygens (including phenoxy) is 1. The molecule has 0 unspecified atom stereocenters. The molecule has 4 nitrogen and oxygen atoms in total. The summed E-state index contributed by atoms with van der Waals surface area (Å²) in [6.07, 6.45) is 3.65. The number of anilines is 1. The molecule has 0 amide bonds. The number of thiocarbonyl (C=S) groups is 1. The van der Waals surface area contributed by atoms with Crippen molar-refractivity contribution in [3.63, 3.8) is 0 Å². The van der Waals surface area contributed by atoms with Gasteiger partial charge in [-0.15, -0.1) is 0 Å². The van der Waals surface area contributed by atoms with Crippen LogP contribution in [0.1, 0.15) is 23.6 Å². The third kappa shape index (κ3) is 5.54. The van der Waals surface area contributed by atoms with Gasteiger partial charge in [-0.25, -0.2) is 0 Å². The van der Waals surface area contributed by atoms with Crippen molar-refractivity contribution in [2.24, 2.45) is 0 Å². The van der Waals surface area contributed by atoms with Crippen molar-refractivity contribution >= 4 is 23.0 Å². The SMILES string of the molecule is CCOc1ccccc1NC(=S)N(Cc1ccc(C)cc1)Cc1cccnc1. The van der Waals surface area contributed by atoms with Gasteiger partial charge in [-0.3, -0.25) is 4.98 Å². The van der Waals surface area contributed by atoms with Crippen LogP contribution < -0.4 is 10.1 Å². The quantitative estimate of drug-likeness (QED) is 0.561. The summed E-state index contributed by atoms with van der Waals surface area (Å²) in [7, 11) is 0. The van der Waals surface area contributed by atoms with Gasteiger partial charge in [-0.05, 0) is 55.4 Å². The first-order valence-corrected chi connectivity index (χ1v) is 9.78. The zero-order valence-electron chi connectivity index (χ0n) is 16.3. The third-order valence-electron chi connectivity index (χ3n) is 4.31. The number of nitrogens with one attached hydrogen (secondary N) is 1. The molecule has 144 valence electrons. The van der Waals surface area contributed by atoms with E-state index in [1.165, 1.54) is 11.1 Å². The largest absolute Gasteiger partial charge is 0.492 e. The van der Waals surface area contributed by atoms with Gasteiger partial charge in [0.2, 0.25) is 0 Å². The van der Waals surface area contributed by atoms with Gasteiger partial charge in [0, 0.05) is 25.5 Å². The molecule has 3 aromatic rings. The Morgan fingerprint density at radius 1 is 1.00 bits per heavy atom. The highest BCUT2D eigenvalue weighted by molar-refractivity contribution is 7.80. The van der Waals surface area contributed by atoms with Crippen LogP contribution >= 0.6 is 12.2 Å². The Kier molecular flexibility index (Phi) is 6.98. The van der Waals surface area contributed by atoms with E-state index in [4.69, 9.17) is 17.0 Å². The van der Waals surface area contributed by atoms with E-state index < -0.39 is 0 Å². The first-order valence-electron chi connectivity index (χ1n) is 9.38. The molecular weight excluding hydrogens is 366 g/mol. The van der Waals surface area contributed by atoms with Crippen LogP contribution in [-0.2, 0) is 13.1 Å². The number of hydrogen-bond acceptors (Lipinski definition) is 3. The summed E-state index contributed by atoms with van der Waals surface area (Å²) in [5, 5.41) is 4.01. The lowest BCUT2D eigenvalue weighted by atomic mass is 10.1. The molecule has 0 spiro atoms. The fourth-order valence-corrected chi connectivity index (χ4v) is 3.11. The Bertz CT molecular complexity index is 897. The van der Waals surface area contributed by atoms with Gasteiger partial charge in [0.15, 0.2) is 5.11 Å². The zero-order valence-corrected chi connectivity index (χ0v) is 17.1. The van der Waals surface area contributed by atoms with Crippen molar-refractivity contribution in [2.75, 3.05) is 11.9 Å². The molecule has 3 rings (SSSR count). The van der Waals surface area contributed by atoms with Crippen LogP contribution in [0.4, 0.5) is 5.69 Å². The second-order valence-corrected chi connectivity index (χ2v) is 6.95. The molecule has 0 aliphatic carbocycles. The number of nitrogens with zero attached hydrogens (tertiary/aromatic N) is 2. The molecule has 0 atom stereocenters. The van der Waals surface area contributed by atoms with Gasteiger partial charge in [-0.1, -0.05) is 48.0 Å². The molecule has 0 bridgehead atoms. The molecular formula is C23H25N3OS. The first kappa shape index (κ1) is 19.8. The number of pyridine rings is 1. The fraction of sp³-hybridized carbons (Fsp3) is 0.217. The molecule has 0 aliphatic rings. The maximum Gasteiger partial charge on any atom is 0.174 e. The lowest BCUT2D eigenvalue weighted by Crippen LogP contribution is -2.34. The van der Waals surface area contributed by atoms with E-state index >= 15 is 0 Å². The normalized spacial score (nSPS) is 10.4. The predicted octanol–water partition coefficient (Wildman–Crippen LogP) is 5.19. The maximum atomic E-state index is 5.76. The van der Waals surface area contributed by atoms with Crippen molar-refractivity contribution in [3.8, 4) is 5.75 Å². The Balaban J connectivity index is 1.80. The smallest absolute Gasteiger partial charge is 0.174 e. The standard InChI is InChI=1S/C23H25N3OS/c1-3-27-22-9-5-4-8-21(22)25-23(28)26(17-20-7-6-14-24-15-20)16-19-12-10-18(2)11-13-19/h4-15H,3,16-17H2,1-2H3,(H,25,28). The predicted molar refractivity (Wildman–Crippen MR) is 118 cm³/mol. The van der Waals surface area contributed by atoms with Crippen LogP contribution in [0.15, 0.2) is 73.1 Å². The molecule has 1 aromatic heterocycles. The van der Waals surface area contributed by atoms with Crippen molar-refractivity contribution in [1.82, 2.24) is 9.88 Å². The van der Waals surface area contributed by atoms with Gasteiger partial charge in [0.25, 0.3) is 0 Å². The van der Waals surface area contributed by atoms with Crippen LogP contribution in [-0.4, -0.2) is 21.6 Å². The Morgan fingerprint density at radius 2 is 1.75 bits per heavy atom. The minimum Gasteiger partial charge on any atom is -0.492 e. The summed E-state index contributed by atoms with van der Waals surface area (Å²) in [6, 6.07) is 20.4. The number of benzene rings is 2. The summed E-state index contributed by atoms with van der Waals surface area (Å²) in [6.45, 7) is 6.05. The molecule has 0 saturated carbocycles. The molecule has 1 heterocycles. The van der Waals surface area contributed by atoms with Crippen molar-refractivity contribution in [1.29, 1.82) is 0 Å². The van der Waals surface area contributed by atoms with Gasteiger partial charge in [0.05, 0.1) is 12.3 Å². The molecule has 1 N–H and O–H groups in total. The second kappa shape index (κ2) is 9.85. The van der Waals surface area contributed by atoms with Crippen molar-refractivity contribution in [2.45, 2.75) is 26.9 Å². The van der Waals surface area contributed by atoms with Crippen molar-refractivity contribution in [3.05, 3.63) is 89.7 Å². The van der Waals surface area contributed by atoms with E-state index in [1.54, 1.807) is 6.20 Å². The van der Waals surface area contributed by atoms with Crippen LogP contribution in [0.3, 0.4) is 0 Å². The highest BCUT2D eigenvalue weighted by Gasteiger charge is 2.14. The van der Waals surface area contributed by atoms with Crippen LogP contribution in [0.25, 0.3) is 0 Å². The Morgan fingerprint density at radius 3 is 2.46 bits per heavy atom. The van der Waals surface area contributed by atoms with E-state index in [9.17, 15) is 0 Å². The number of aryl methyl sites for hydroxylation is 1. The number of aromatic nitrogens is 1. The summed E-state index contributed by atoms with van der Waals surface area (Å²) in [4.78, 5) is 6.37. The summed E-state index contributed by atoms with van der Waals surface area (Å²) in [5.41, 5.74) is 4.43. The lowest BCUT2D eigenvalue weighted by molar-refractivity contribution is 0.342. The fourth-order valence-electron chi connectivity index (χ4n) is 2.87. The highest BCUT2D eigenvalue weighted by Crippen LogP contribution is 2.24. The first-order chi connectivity index (χ1) is 13.7. The maximum absolute atomic E-state index is 5.76. The molecule has 5 heteroatoms. The van der Waals surface area contributed by atoms with E-state index in [-0.39, 0.29) is 0 Å². The molecule has 2 aromatic carbocycles. The minimum atomic E-state index is 0.605. The highest BCUT2D eigenvalue weighted by atomic mass is 32.1. The molecule has 0 saturated heterocycles. The van der Waals surface area contributed by atoms with E-state index in [0.29, 0.717) is 24.8 Å². The minimum absolute atomic E-state index is 0.605. The monoisotopic (exact) mass is 391 g/mol. The number of hydrogen-bond donors (Lipinski definition) is 1. The van der Waals surface area contributed by atoms with Gasteiger partial charge in [0.1, 0.15) is 5.75 Å². The van der Waals surface area contributed by atoms with E-state index in [1.807, 2.05) is 43.5 Å². The van der Waals surface area contributed by atoms with Gasteiger partial charge in [-0.2, -0.15) is 0 Å². The molecule has 0 aliphatic heterocycles. The molecule has 0 radical (unpaired) electrons. The summed E-state index contributed by atoms with van der Waals surface area (Å²) < 4.78 is 5.72. The molecule has 0 fully saturated rings. The Hall–Kier alpha value is -2.92. The van der Waals surface area contributed by atoms with E-state index in [2.05, 4.69) is 52.5 Å². The average Bonchev–Trinajstić information content (AvgIpc) is 2.71. The number of para-hydroxylation sites is 2. The lowest BCUT2D eigenvalue weighted by Gasteiger charge is -2.27. The topological polar surface area (TPSA) is 37.4 Å². The summed E-state index contributed by atoms with van der Waals surface area (Å²) in [5.74, 6) is 0.795.